The monoisotopic (exact) mass is 219 g/mol. The number of hydrogen-bond acceptors (Lipinski definition) is 2. The summed E-state index contributed by atoms with van der Waals surface area (Å²) in [4.78, 5) is 11.3. The SMILES string of the molecule is CC(C)(C)OC(=O)N[C@@H]1CC[C@@H]1CCl. The van der Waals surface area contributed by atoms with Crippen molar-refractivity contribution in [2.24, 2.45) is 5.92 Å². The van der Waals surface area contributed by atoms with Gasteiger partial charge in [0.05, 0.1) is 0 Å². The summed E-state index contributed by atoms with van der Waals surface area (Å²) >= 11 is 5.72. The van der Waals surface area contributed by atoms with Crippen molar-refractivity contribution in [2.75, 3.05) is 5.88 Å². The molecule has 1 N–H and O–H groups in total. The molecule has 0 radical (unpaired) electrons. The number of ether oxygens (including phenoxy) is 1. The quantitative estimate of drug-likeness (QED) is 0.725. The Balaban J connectivity index is 2.27. The van der Waals surface area contributed by atoms with Crippen LogP contribution >= 0.6 is 11.6 Å². The van der Waals surface area contributed by atoms with E-state index in [1.807, 2.05) is 20.8 Å². The Kier molecular flexibility index (Phi) is 3.65. The molecule has 1 saturated carbocycles. The second-order valence-corrected chi connectivity index (χ2v) is 5.05. The van der Waals surface area contributed by atoms with Crippen molar-refractivity contribution in [3.8, 4) is 0 Å². The molecular formula is C10H18ClNO2. The number of rotatable bonds is 2. The summed E-state index contributed by atoms with van der Waals surface area (Å²) in [5.41, 5.74) is -0.426. The van der Waals surface area contributed by atoms with Gasteiger partial charge in [-0.2, -0.15) is 0 Å². The van der Waals surface area contributed by atoms with E-state index in [1.54, 1.807) is 0 Å². The van der Waals surface area contributed by atoms with Crippen LogP contribution in [0.1, 0.15) is 33.6 Å². The van der Waals surface area contributed by atoms with E-state index in [1.165, 1.54) is 0 Å². The maximum absolute atomic E-state index is 11.3. The van der Waals surface area contributed by atoms with Gasteiger partial charge < -0.3 is 10.1 Å². The van der Waals surface area contributed by atoms with E-state index in [4.69, 9.17) is 16.3 Å². The highest BCUT2D eigenvalue weighted by molar-refractivity contribution is 6.18. The van der Waals surface area contributed by atoms with Crippen LogP contribution in [0.2, 0.25) is 0 Å². The molecule has 1 amide bonds. The van der Waals surface area contributed by atoms with E-state index in [-0.39, 0.29) is 12.1 Å². The lowest BCUT2D eigenvalue weighted by Crippen LogP contribution is -2.48. The fourth-order valence-corrected chi connectivity index (χ4v) is 1.77. The number of hydrogen-bond donors (Lipinski definition) is 1. The lowest BCUT2D eigenvalue weighted by molar-refractivity contribution is 0.0447. The smallest absolute Gasteiger partial charge is 0.407 e. The van der Waals surface area contributed by atoms with Gasteiger partial charge in [0.1, 0.15) is 5.60 Å². The van der Waals surface area contributed by atoms with Crippen molar-refractivity contribution in [1.29, 1.82) is 0 Å². The number of alkyl halides is 1. The summed E-state index contributed by atoms with van der Waals surface area (Å²) in [7, 11) is 0. The van der Waals surface area contributed by atoms with Crippen LogP contribution in [0.5, 0.6) is 0 Å². The van der Waals surface area contributed by atoms with Crippen LogP contribution in [-0.2, 0) is 4.74 Å². The molecule has 0 aromatic carbocycles. The van der Waals surface area contributed by atoms with E-state index < -0.39 is 5.60 Å². The molecule has 0 heterocycles. The summed E-state index contributed by atoms with van der Waals surface area (Å²) in [5.74, 6) is 1.03. The van der Waals surface area contributed by atoms with Crippen LogP contribution in [0.25, 0.3) is 0 Å². The highest BCUT2D eigenvalue weighted by atomic mass is 35.5. The molecule has 3 nitrogen and oxygen atoms in total. The number of nitrogens with one attached hydrogen (secondary N) is 1. The van der Waals surface area contributed by atoms with Crippen molar-refractivity contribution in [2.45, 2.75) is 45.3 Å². The minimum atomic E-state index is -0.426. The average molecular weight is 220 g/mol. The molecule has 0 aliphatic heterocycles. The molecule has 1 rings (SSSR count). The normalized spacial score (nSPS) is 26.6. The van der Waals surface area contributed by atoms with E-state index in [2.05, 4.69) is 5.32 Å². The first-order valence-corrected chi connectivity index (χ1v) is 5.51. The number of carbonyl (C=O) groups excluding carboxylic acids is 1. The fourth-order valence-electron chi connectivity index (χ4n) is 1.40. The lowest BCUT2D eigenvalue weighted by Gasteiger charge is -2.36. The van der Waals surface area contributed by atoms with E-state index in [0.29, 0.717) is 11.8 Å². The van der Waals surface area contributed by atoms with Crippen LogP contribution in [0, 0.1) is 5.92 Å². The minimum Gasteiger partial charge on any atom is -0.444 e. The third kappa shape index (κ3) is 3.37. The topological polar surface area (TPSA) is 38.3 Å². The molecule has 1 aliphatic carbocycles. The summed E-state index contributed by atoms with van der Waals surface area (Å²) in [6.07, 6.45) is 1.78. The molecule has 4 heteroatoms. The molecule has 0 unspecified atom stereocenters. The van der Waals surface area contributed by atoms with Gasteiger partial charge >= 0.3 is 6.09 Å². The van der Waals surface area contributed by atoms with Crippen LogP contribution in [-0.4, -0.2) is 23.6 Å². The van der Waals surface area contributed by atoms with Gasteiger partial charge in [-0.3, -0.25) is 0 Å². The Morgan fingerprint density at radius 2 is 2.14 bits per heavy atom. The predicted octanol–water partition coefficient (Wildman–Crippen LogP) is 2.53. The highest BCUT2D eigenvalue weighted by Crippen LogP contribution is 2.28. The molecule has 82 valence electrons. The molecule has 0 spiro atoms. The Morgan fingerprint density at radius 1 is 1.50 bits per heavy atom. The van der Waals surface area contributed by atoms with Gasteiger partial charge in [0.2, 0.25) is 0 Å². The van der Waals surface area contributed by atoms with Crippen LogP contribution in [0.3, 0.4) is 0 Å². The predicted molar refractivity (Wildman–Crippen MR) is 56.6 cm³/mol. The zero-order valence-corrected chi connectivity index (χ0v) is 9.73. The van der Waals surface area contributed by atoms with Crippen LogP contribution < -0.4 is 5.32 Å². The zero-order valence-electron chi connectivity index (χ0n) is 8.97. The zero-order chi connectivity index (χ0) is 10.8. The summed E-state index contributed by atoms with van der Waals surface area (Å²) in [5, 5.41) is 2.83. The fraction of sp³-hybridized carbons (Fsp3) is 0.900. The highest BCUT2D eigenvalue weighted by Gasteiger charge is 2.32. The average Bonchev–Trinajstić information content (AvgIpc) is 1.96. The minimum absolute atomic E-state index is 0.211. The van der Waals surface area contributed by atoms with Crippen molar-refractivity contribution in [3.63, 3.8) is 0 Å². The number of amides is 1. The molecule has 14 heavy (non-hydrogen) atoms. The summed E-state index contributed by atoms with van der Waals surface area (Å²) < 4.78 is 5.14. The van der Waals surface area contributed by atoms with Crippen LogP contribution in [0.15, 0.2) is 0 Å². The lowest BCUT2D eigenvalue weighted by atomic mass is 9.81. The third-order valence-electron chi connectivity index (χ3n) is 2.32. The summed E-state index contributed by atoms with van der Waals surface area (Å²) in [6, 6.07) is 0.211. The third-order valence-corrected chi connectivity index (χ3v) is 2.71. The first-order valence-electron chi connectivity index (χ1n) is 4.98. The molecule has 0 aromatic rings. The van der Waals surface area contributed by atoms with Crippen molar-refractivity contribution >= 4 is 17.7 Å². The van der Waals surface area contributed by atoms with Crippen molar-refractivity contribution in [3.05, 3.63) is 0 Å². The number of halogens is 1. The van der Waals surface area contributed by atoms with Gasteiger partial charge in [0.15, 0.2) is 0 Å². The van der Waals surface area contributed by atoms with Crippen molar-refractivity contribution in [1.82, 2.24) is 5.32 Å². The Hall–Kier alpha value is -0.440. The summed E-state index contributed by atoms with van der Waals surface area (Å²) in [6.45, 7) is 5.56. The van der Waals surface area contributed by atoms with E-state index in [9.17, 15) is 4.79 Å². The van der Waals surface area contributed by atoms with E-state index in [0.717, 1.165) is 12.8 Å². The van der Waals surface area contributed by atoms with Gasteiger partial charge in [-0.25, -0.2) is 4.79 Å². The Morgan fingerprint density at radius 3 is 2.50 bits per heavy atom. The van der Waals surface area contributed by atoms with Gasteiger partial charge in [-0.05, 0) is 39.5 Å². The molecular weight excluding hydrogens is 202 g/mol. The maximum atomic E-state index is 11.3. The Bertz CT molecular complexity index is 211. The van der Waals surface area contributed by atoms with Gasteiger partial charge in [0.25, 0.3) is 0 Å². The second kappa shape index (κ2) is 4.39. The van der Waals surface area contributed by atoms with Gasteiger partial charge in [0, 0.05) is 11.9 Å². The van der Waals surface area contributed by atoms with Gasteiger partial charge in [-0.15, -0.1) is 11.6 Å². The number of carbonyl (C=O) groups is 1. The van der Waals surface area contributed by atoms with Crippen LogP contribution in [0.4, 0.5) is 4.79 Å². The molecule has 2 atom stereocenters. The largest absolute Gasteiger partial charge is 0.444 e. The first kappa shape index (κ1) is 11.6. The standard InChI is InChI=1S/C10H18ClNO2/c1-10(2,3)14-9(13)12-8-5-4-7(8)6-11/h7-8H,4-6H2,1-3H3,(H,12,13)/t7-,8-/m1/s1. The molecule has 1 fully saturated rings. The molecule has 0 bridgehead atoms. The Labute approximate surface area is 90.1 Å². The number of alkyl carbamates (subject to hydrolysis) is 1. The first-order chi connectivity index (χ1) is 6.42. The van der Waals surface area contributed by atoms with E-state index >= 15 is 0 Å². The molecule has 0 saturated heterocycles. The van der Waals surface area contributed by atoms with Gasteiger partial charge in [-0.1, -0.05) is 0 Å². The molecule has 0 aromatic heterocycles. The van der Waals surface area contributed by atoms with Crippen molar-refractivity contribution < 1.29 is 9.53 Å². The maximum Gasteiger partial charge on any atom is 0.407 e. The second-order valence-electron chi connectivity index (χ2n) is 4.74. The molecule has 1 aliphatic rings.